The monoisotopic (exact) mass is 357 g/mol. The summed E-state index contributed by atoms with van der Waals surface area (Å²) in [5.41, 5.74) is -0.285. The van der Waals surface area contributed by atoms with Gasteiger partial charge in [-0.25, -0.2) is 0 Å². The molecule has 0 aliphatic rings. The molecule has 1 aromatic carbocycles. The van der Waals surface area contributed by atoms with Crippen LogP contribution in [0.4, 0.5) is 5.69 Å². The third-order valence-electron chi connectivity index (χ3n) is 3.65. The van der Waals surface area contributed by atoms with Crippen LogP contribution in [0.2, 0.25) is 5.02 Å². The van der Waals surface area contributed by atoms with E-state index in [2.05, 4.69) is 19.2 Å². The Kier molecular flexibility index (Phi) is 8.00. The van der Waals surface area contributed by atoms with Crippen molar-refractivity contribution in [2.45, 2.75) is 45.8 Å². The van der Waals surface area contributed by atoms with E-state index in [1.54, 1.807) is 39.3 Å². The molecule has 1 aromatic rings. The lowest BCUT2D eigenvalue weighted by atomic mass is 9.93. The Bertz CT molecular complexity index is 550. The Morgan fingerprint density at radius 1 is 1.29 bits per heavy atom. The Morgan fingerprint density at radius 3 is 2.46 bits per heavy atom. The molecule has 0 saturated carbocycles. The number of carbonyl (C=O) groups is 1. The lowest BCUT2D eigenvalue weighted by Gasteiger charge is -2.28. The molecule has 1 amide bonds. The highest BCUT2D eigenvalue weighted by Crippen LogP contribution is 2.30. The molecule has 0 saturated heterocycles. The first-order valence-electron chi connectivity index (χ1n) is 8.03. The van der Waals surface area contributed by atoms with E-state index in [0.29, 0.717) is 35.4 Å². The summed E-state index contributed by atoms with van der Waals surface area (Å²) >= 11 is 6.24. The van der Waals surface area contributed by atoms with E-state index < -0.39 is 5.60 Å². The highest BCUT2D eigenvalue weighted by atomic mass is 35.5. The molecular weight excluding hydrogens is 330 g/mol. The van der Waals surface area contributed by atoms with Gasteiger partial charge in [-0.15, -0.1) is 0 Å². The highest BCUT2D eigenvalue weighted by molar-refractivity contribution is 6.32. The van der Waals surface area contributed by atoms with Crippen molar-refractivity contribution >= 4 is 23.2 Å². The molecule has 136 valence electrons. The van der Waals surface area contributed by atoms with Crippen LogP contribution in [0.25, 0.3) is 0 Å². The zero-order chi connectivity index (χ0) is 18.3. The Balaban J connectivity index is 2.81. The molecule has 1 rings (SSSR count). The number of carbonyl (C=O) groups excluding carboxylic acids is 1. The van der Waals surface area contributed by atoms with Gasteiger partial charge in [-0.1, -0.05) is 25.4 Å². The van der Waals surface area contributed by atoms with Crippen LogP contribution < -0.4 is 10.1 Å². The first kappa shape index (κ1) is 20.7. The van der Waals surface area contributed by atoms with E-state index in [1.165, 1.54) is 0 Å². The number of ether oxygens (including phenoxy) is 3. The standard InChI is InChI=1S/C18H28ClNO4/c1-12(2)10-18(4,23-6)17(21)20-14-7-8-16(15(19)9-14)24-13(3)11-22-5/h7-9,12-13H,10-11H2,1-6H3,(H,20,21)/t13-,18+/m0/s1. The Morgan fingerprint density at radius 2 is 1.96 bits per heavy atom. The molecule has 5 nitrogen and oxygen atoms in total. The van der Waals surface area contributed by atoms with Crippen LogP contribution in [-0.2, 0) is 14.3 Å². The fourth-order valence-electron chi connectivity index (χ4n) is 2.47. The van der Waals surface area contributed by atoms with Gasteiger partial charge < -0.3 is 19.5 Å². The molecule has 6 heteroatoms. The molecule has 0 aromatic heterocycles. The summed E-state index contributed by atoms with van der Waals surface area (Å²) in [5, 5.41) is 3.29. The molecule has 24 heavy (non-hydrogen) atoms. The molecule has 0 bridgehead atoms. The number of halogens is 1. The summed E-state index contributed by atoms with van der Waals surface area (Å²) < 4.78 is 16.2. The summed E-state index contributed by atoms with van der Waals surface area (Å²) in [5.74, 6) is 0.689. The van der Waals surface area contributed by atoms with E-state index >= 15 is 0 Å². The number of hydrogen-bond acceptors (Lipinski definition) is 4. The zero-order valence-corrected chi connectivity index (χ0v) is 16.1. The topological polar surface area (TPSA) is 56.8 Å². The van der Waals surface area contributed by atoms with Gasteiger partial charge in [-0.05, 0) is 44.4 Å². The van der Waals surface area contributed by atoms with E-state index in [4.69, 9.17) is 25.8 Å². The van der Waals surface area contributed by atoms with Crippen molar-refractivity contribution in [2.24, 2.45) is 5.92 Å². The average molecular weight is 358 g/mol. The van der Waals surface area contributed by atoms with Crippen molar-refractivity contribution in [1.82, 2.24) is 0 Å². The third kappa shape index (κ3) is 5.96. The second-order valence-electron chi connectivity index (χ2n) is 6.52. The van der Waals surface area contributed by atoms with E-state index in [9.17, 15) is 4.79 Å². The van der Waals surface area contributed by atoms with Gasteiger partial charge in [0.25, 0.3) is 5.91 Å². The second-order valence-corrected chi connectivity index (χ2v) is 6.92. The first-order valence-corrected chi connectivity index (χ1v) is 8.41. The molecule has 2 atom stereocenters. The van der Waals surface area contributed by atoms with Crippen molar-refractivity contribution in [2.75, 3.05) is 26.1 Å². The molecule has 1 N–H and O–H groups in total. The lowest BCUT2D eigenvalue weighted by Crippen LogP contribution is -2.43. The molecule has 0 aliphatic heterocycles. The van der Waals surface area contributed by atoms with Crippen LogP contribution in [-0.4, -0.2) is 38.4 Å². The summed E-state index contributed by atoms with van der Waals surface area (Å²) in [6, 6.07) is 5.15. The fourth-order valence-corrected chi connectivity index (χ4v) is 2.70. The maximum atomic E-state index is 12.5. The number of rotatable bonds is 9. The highest BCUT2D eigenvalue weighted by Gasteiger charge is 2.34. The van der Waals surface area contributed by atoms with E-state index in [-0.39, 0.29) is 12.0 Å². The fraction of sp³-hybridized carbons (Fsp3) is 0.611. The molecule has 0 radical (unpaired) electrons. The normalized spacial score (nSPS) is 15.0. The first-order chi connectivity index (χ1) is 11.2. The van der Waals surface area contributed by atoms with Crippen LogP contribution in [0.1, 0.15) is 34.1 Å². The summed E-state index contributed by atoms with van der Waals surface area (Å²) in [4.78, 5) is 12.5. The van der Waals surface area contributed by atoms with Crippen LogP contribution in [0.3, 0.4) is 0 Å². The van der Waals surface area contributed by atoms with Gasteiger partial charge in [0, 0.05) is 19.9 Å². The van der Waals surface area contributed by atoms with Crippen molar-refractivity contribution < 1.29 is 19.0 Å². The van der Waals surface area contributed by atoms with Crippen LogP contribution in [0, 0.1) is 5.92 Å². The number of methoxy groups -OCH3 is 2. The molecule has 0 heterocycles. The SMILES string of the molecule is COC[C@H](C)Oc1ccc(NC(=O)[C@@](C)(CC(C)C)OC)cc1Cl. The van der Waals surface area contributed by atoms with Crippen molar-refractivity contribution in [3.63, 3.8) is 0 Å². The summed E-state index contributed by atoms with van der Waals surface area (Å²) in [6.45, 7) is 8.25. The van der Waals surface area contributed by atoms with Crippen LogP contribution >= 0.6 is 11.6 Å². The zero-order valence-electron chi connectivity index (χ0n) is 15.3. The van der Waals surface area contributed by atoms with E-state index in [1.807, 2.05) is 6.92 Å². The van der Waals surface area contributed by atoms with Crippen molar-refractivity contribution in [3.05, 3.63) is 23.2 Å². The van der Waals surface area contributed by atoms with Gasteiger partial charge in [0.2, 0.25) is 0 Å². The summed E-state index contributed by atoms with van der Waals surface area (Å²) in [7, 11) is 3.16. The Hall–Kier alpha value is -1.30. The summed E-state index contributed by atoms with van der Waals surface area (Å²) in [6.07, 6.45) is 0.509. The Labute approximate surface area is 149 Å². The smallest absolute Gasteiger partial charge is 0.256 e. The second kappa shape index (κ2) is 9.25. The third-order valence-corrected chi connectivity index (χ3v) is 3.94. The van der Waals surface area contributed by atoms with Crippen LogP contribution in [0.15, 0.2) is 18.2 Å². The van der Waals surface area contributed by atoms with E-state index in [0.717, 1.165) is 0 Å². The number of hydrogen-bond donors (Lipinski definition) is 1. The predicted molar refractivity (Wildman–Crippen MR) is 96.9 cm³/mol. The molecule has 0 aliphatic carbocycles. The van der Waals surface area contributed by atoms with Gasteiger partial charge in [0.1, 0.15) is 17.5 Å². The maximum absolute atomic E-state index is 12.5. The number of benzene rings is 1. The number of nitrogens with one attached hydrogen (secondary N) is 1. The van der Waals surface area contributed by atoms with Crippen molar-refractivity contribution in [3.8, 4) is 5.75 Å². The minimum atomic E-state index is -0.886. The molecule has 0 fully saturated rings. The van der Waals surface area contributed by atoms with Crippen molar-refractivity contribution in [1.29, 1.82) is 0 Å². The quantitative estimate of drug-likeness (QED) is 0.721. The maximum Gasteiger partial charge on any atom is 0.256 e. The minimum Gasteiger partial charge on any atom is -0.487 e. The van der Waals surface area contributed by atoms with Gasteiger partial charge >= 0.3 is 0 Å². The lowest BCUT2D eigenvalue weighted by molar-refractivity contribution is -0.137. The van der Waals surface area contributed by atoms with Gasteiger partial charge in [0.15, 0.2) is 0 Å². The minimum absolute atomic E-state index is 0.115. The molecule has 0 unspecified atom stereocenters. The average Bonchev–Trinajstić information content (AvgIpc) is 2.49. The number of anilines is 1. The van der Waals surface area contributed by atoms with Crippen LogP contribution in [0.5, 0.6) is 5.75 Å². The predicted octanol–water partition coefficient (Wildman–Crippen LogP) is 4.14. The largest absolute Gasteiger partial charge is 0.487 e. The molecular formula is C18H28ClNO4. The van der Waals surface area contributed by atoms with Gasteiger partial charge in [0.05, 0.1) is 11.6 Å². The molecule has 0 spiro atoms. The number of amides is 1. The van der Waals surface area contributed by atoms with Gasteiger partial charge in [-0.2, -0.15) is 0 Å². The van der Waals surface area contributed by atoms with Gasteiger partial charge in [-0.3, -0.25) is 4.79 Å².